The molecule has 1 aliphatic rings. The fraction of sp³-hybridized carbons (Fsp3) is 0.182. The van der Waals surface area contributed by atoms with Crippen molar-refractivity contribution in [2.75, 3.05) is 23.3 Å². The van der Waals surface area contributed by atoms with Gasteiger partial charge < -0.3 is 10.2 Å². The average Bonchev–Trinajstić information content (AvgIpc) is 2.91. The van der Waals surface area contributed by atoms with Gasteiger partial charge in [0.2, 0.25) is 0 Å². The van der Waals surface area contributed by atoms with Crippen LogP contribution in [-0.2, 0) is 0 Å². The summed E-state index contributed by atoms with van der Waals surface area (Å²) in [5, 5.41) is 9.60. The average molecular weight is 229 g/mol. The van der Waals surface area contributed by atoms with E-state index in [1.54, 1.807) is 17.3 Å². The lowest BCUT2D eigenvalue weighted by molar-refractivity contribution is 0.0987. The number of nitrogens with zero attached hydrogens (tertiary/aromatic N) is 3. The third-order valence-corrected chi connectivity index (χ3v) is 2.70. The third-order valence-electron chi connectivity index (χ3n) is 2.70. The van der Waals surface area contributed by atoms with Crippen LogP contribution >= 0.6 is 0 Å². The zero-order chi connectivity index (χ0) is 11.7. The van der Waals surface area contributed by atoms with Crippen molar-refractivity contribution in [2.24, 2.45) is 0 Å². The highest BCUT2D eigenvalue weighted by molar-refractivity contribution is 6.07. The molecule has 1 aliphatic heterocycles. The molecule has 2 aromatic rings. The van der Waals surface area contributed by atoms with Crippen molar-refractivity contribution >= 4 is 17.4 Å². The maximum Gasteiger partial charge on any atom is 0.261 e. The van der Waals surface area contributed by atoms with Crippen molar-refractivity contribution in [3.8, 4) is 0 Å². The third kappa shape index (κ3) is 1.63. The van der Waals surface area contributed by atoms with Crippen molar-refractivity contribution in [1.82, 2.24) is 15.2 Å². The molecule has 0 atom stereocenters. The molecule has 17 heavy (non-hydrogen) atoms. The zero-order valence-corrected chi connectivity index (χ0v) is 9.05. The van der Waals surface area contributed by atoms with Crippen molar-refractivity contribution < 1.29 is 4.79 Å². The number of hydrogen-bond donors (Lipinski definition) is 2. The number of carbonyl (C=O) groups is 1. The van der Waals surface area contributed by atoms with Gasteiger partial charge >= 0.3 is 0 Å². The number of amides is 1. The molecule has 0 saturated heterocycles. The first-order chi connectivity index (χ1) is 8.36. The minimum atomic E-state index is -0.0606. The molecule has 0 spiro atoms. The summed E-state index contributed by atoms with van der Waals surface area (Å²) in [5.74, 6) is 0.685. The van der Waals surface area contributed by atoms with Crippen LogP contribution in [0.1, 0.15) is 10.4 Å². The quantitative estimate of drug-likeness (QED) is 0.761. The van der Waals surface area contributed by atoms with Gasteiger partial charge in [-0.15, -0.1) is 0 Å². The summed E-state index contributed by atoms with van der Waals surface area (Å²) in [6.45, 7) is 1.33. The molecule has 1 amide bonds. The standard InChI is InChI=1S/C11H11N5O/c17-11(8-6-14-15-7-8)16-5-4-13-10-9(16)2-1-3-12-10/h1-3,6-7H,4-5H2,(H,12,13)(H,14,15). The van der Waals surface area contributed by atoms with Gasteiger partial charge in [-0.3, -0.25) is 9.89 Å². The highest BCUT2D eigenvalue weighted by Gasteiger charge is 2.24. The number of pyridine rings is 1. The molecule has 0 radical (unpaired) electrons. The fourth-order valence-corrected chi connectivity index (χ4v) is 1.89. The summed E-state index contributed by atoms with van der Waals surface area (Å²) >= 11 is 0. The first-order valence-electron chi connectivity index (χ1n) is 5.36. The minimum Gasteiger partial charge on any atom is -0.367 e. The number of fused-ring (bicyclic) bond motifs is 1. The van der Waals surface area contributed by atoms with Crippen LogP contribution in [0.5, 0.6) is 0 Å². The van der Waals surface area contributed by atoms with E-state index in [0.29, 0.717) is 18.7 Å². The Morgan fingerprint density at radius 1 is 1.47 bits per heavy atom. The molecule has 6 heteroatoms. The topological polar surface area (TPSA) is 73.9 Å². The van der Waals surface area contributed by atoms with Crippen molar-refractivity contribution in [1.29, 1.82) is 0 Å². The maximum absolute atomic E-state index is 12.2. The molecule has 3 rings (SSSR count). The summed E-state index contributed by atoms with van der Waals surface area (Å²) in [7, 11) is 0. The first-order valence-corrected chi connectivity index (χ1v) is 5.36. The highest BCUT2D eigenvalue weighted by atomic mass is 16.2. The van der Waals surface area contributed by atoms with Gasteiger partial charge in [0.15, 0.2) is 0 Å². The molecule has 0 saturated carbocycles. The second-order valence-electron chi connectivity index (χ2n) is 3.74. The molecule has 0 unspecified atom stereocenters. The van der Waals surface area contributed by atoms with E-state index in [4.69, 9.17) is 0 Å². The normalized spacial score (nSPS) is 14.0. The molecule has 0 aliphatic carbocycles. The molecule has 3 heterocycles. The van der Waals surface area contributed by atoms with E-state index < -0.39 is 0 Å². The smallest absolute Gasteiger partial charge is 0.261 e. The van der Waals surface area contributed by atoms with E-state index in [2.05, 4.69) is 20.5 Å². The molecule has 6 nitrogen and oxygen atoms in total. The fourth-order valence-electron chi connectivity index (χ4n) is 1.89. The summed E-state index contributed by atoms with van der Waals surface area (Å²) in [4.78, 5) is 18.2. The van der Waals surface area contributed by atoms with Crippen LogP contribution in [-0.4, -0.2) is 34.2 Å². The number of anilines is 2. The van der Waals surface area contributed by atoms with Crippen LogP contribution in [0.3, 0.4) is 0 Å². The van der Waals surface area contributed by atoms with Crippen LogP contribution in [0, 0.1) is 0 Å². The van der Waals surface area contributed by atoms with E-state index in [1.165, 1.54) is 6.20 Å². The van der Waals surface area contributed by atoms with Gasteiger partial charge in [0.05, 0.1) is 17.4 Å². The summed E-state index contributed by atoms with van der Waals surface area (Å²) in [5.41, 5.74) is 1.37. The molecule has 2 aromatic heterocycles. The largest absolute Gasteiger partial charge is 0.367 e. The second kappa shape index (κ2) is 3.89. The first kappa shape index (κ1) is 9.83. The maximum atomic E-state index is 12.2. The van der Waals surface area contributed by atoms with Crippen LogP contribution in [0.25, 0.3) is 0 Å². The lowest BCUT2D eigenvalue weighted by Gasteiger charge is -2.28. The minimum absolute atomic E-state index is 0.0606. The number of carbonyl (C=O) groups excluding carboxylic acids is 1. The van der Waals surface area contributed by atoms with E-state index in [0.717, 1.165) is 11.5 Å². The predicted octanol–water partition coefficient (Wildman–Crippen LogP) is 0.877. The molecular weight excluding hydrogens is 218 g/mol. The van der Waals surface area contributed by atoms with E-state index >= 15 is 0 Å². The van der Waals surface area contributed by atoms with Gasteiger partial charge in [-0.1, -0.05) is 0 Å². The molecule has 86 valence electrons. The number of aromatic amines is 1. The number of nitrogens with one attached hydrogen (secondary N) is 2. The van der Waals surface area contributed by atoms with Gasteiger partial charge in [-0.05, 0) is 12.1 Å². The Hall–Kier alpha value is -2.37. The number of H-pyrrole nitrogens is 1. The molecule has 0 aromatic carbocycles. The van der Waals surface area contributed by atoms with Crippen molar-refractivity contribution in [3.05, 3.63) is 36.3 Å². The monoisotopic (exact) mass is 229 g/mol. The van der Waals surface area contributed by atoms with Gasteiger partial charge in [0.25, 0.3) is 5.91 Å². The SMILES string of the molecule is O=C(c1cn[nH]c1)N1CCNc2ncccc21. The summed E-state index contributed by atoms with van der Waals surface area (Å²) in [6.07, 6.45) is 4.83. The zero-order valence-electron chi connectivity index (χ0n) is 9.05. The van der Waals surface area contributed by atoms with E-state index in [-0.39, 0.29) is 5.91 Å². The number of rotatable bonds is 1. The van der Waals surface area contributed by atoms with Gasteiger partial charge in [-0.25, -0.2) is 4.98 Å². The predicted molar refractivity (Wildman–Crippen MR) is 63.0 cm³/mol. The van der Waals surface area contributed by atoms with Crippen LogP contribution < -0.4 is 10.2 Å². The van der Waals surface area contributed by atoms with E-state index in [9.17, 15) is 4.79 Å². The Labute approximate surface area is 97.7 Å². The lowest BCUT2D eigenvalue weighted by atomic mass is 10.2. The van der Waals surface area contributed by atoms with Gasteiger partial charge in [0, 0.05) is 25.5 Å². The van der Waals surface area contributed by atoms with Crippen LogP contribution in [0.2, 0.25) is 0 Å². The second-order valence-corrected chi connectivity index (χ2v) is 3.74. The van der Waals surface area contributed by atoms with Crippen LogP contribution in [0.15, 0.2) is 30.7 Å². The summed E-state index contributed by atoms with van der Waals surface area (Å²) in [6, 6.07) is 3.70. The van der Waals surface area contributed by atoms with E-state index in [1.807, 2.05) is 12.1 Å². The van der Waals surface area contributed by atoms with Gasteiger partial charge in [0.1, 0.15) is 5.82 Å². The van der Waals surface area contributed by atoms with Gasteiger partial charge in [-0.2, -0.15) is 5.10 Å². The van der Waals surface area contributed by atoms with Crippen molar-refractivity contribution in [3.63, 3.8) is 0 Å². The Bertz CT molecular complexity index is 537. The Balaban J connectivity index is 1.98. The molecule has 0 bridgehead atoms. The molecule has 0 fully saturated rings. The Morgan fingerprint density at radius 2 is 2.41 bits per heavy atom. The summed E-state index contributed by atoms with van der Waals surface area (Å²) < 4.78 is 0. The number of hydrogen-bond acceptors (Lipinski definition) is 4. The highest BCUT2D eigenvalue weighted by Crippen LogP contribution is 2.27. The molecular formula is C11H11N5O. The lowest BCUT2D eigenvalue weighted by Crippen LogP contribution is -2.39. The van der Waals surface area contributed by atoms with Crippen molar-refractivity contribution in [2.45, 2.75) is 0 Å². The Morgan fingerprint density at radius 3 is 3.24 bits per heavy atom. The Kier molecular flexibility index (Phi) is 2.25. The number of aromatic nitrogens is 3. The molecule has 2 N–H and O–H groups in total. The van der Waals surface area contributed by atoms with Crippen LogP contribution in [0.4, 0.5) is 11.5 Å².